The van der Waals surface area contributed by atoms with Crippen LogP contribution in [0, 0.1) is 14.8 Å². The zero-order valence-corrected chi connectivity index (χ0v) is 22.8. The average Bonchev–Trinajstić information content (AvgIpc) is 3.31. The van der Waals surface area contributed by atoms with Gasteiger partial charge < -0.3 is 14.4 Å². The van der Waals surface area contributed by atoms with Gasteiger partial charge in [0.2, 0.25) is 0 Å². The van der Waals surface area contributed by atoms with E-state index in [1.165, 1.54) is 18.7 Å². The number of fused-ring (bicyclic) bond motifs is 3. The van der Waals surface area contributed by atoms with E-state index in [4.69, 9.17) is 9.26 Å². The van der Waals surface area contributed by atoms with Gasteiger partial charge in [-0.2, -0.15) is 4.98 Å². The average molecular weight is 616 g/mol. The standard InChI is InChI=1S/C25H31F2IN4O4/c1-22(2,27)20-30-19(31-36-20)25-7-4-24(5-8-25,6-9-25)14-32(18-10-17(28)16(26)13-29-18)21(33)35-15-11-23(3,34)12-15/h10,13,15,34H,4-9,11-12,14H2,1-3H3/t15-,23+,24?,25?. The summed E-state index contributed by atoms with van der Waals surface area (Å²) in [6, 6.07) is 1.56. The van der Waals surface area contributed by atoms with Gasteiger partial charge in [0.25, 0.3) is 5.89 Å². The molecule has 4 aliphatic carbocycles. The Hall–Kier alpha value is -1.89. The smallest absolute Gasteiger partial charge is 0.415 e. The molecule has 8 nitrogen and oxygen atoms in total. The lowest BCUT2D eigenvalue weighted by atomic mass is 9.53. The number of amides is 1. The zero-order chi connectivity index (χ0) is 25.9. The van der Waals surface area contributed by atoms with Crippen molar-refractivity contribution in [1.29, 1.82) is 0 Å². The van der Waals surface area contributed by atoms with Crippen LogP contribution >= 0.6 is 22.6 Å². The molecule has 0 aromatic carbocycles. The molecule has 0 atom stereocenters. The number of carbonyl (C=O) groups is 1. The maximum absolute atomic E-state index is 14.3. The lowest BCUT2D eigenvalue weighted by Gasteiger charge is -2.53. The van der Waals surface area contributed by atoms with Crippen molar-refractivity contribution in [2.75, 3.05) is 11.4 Å². The Kier molecular flexibility index (Phi) is 6.33. The Morgan fingerprint density at radius 1 is 1.28 bits per heavy atom. The van der Waals surface area contributed by atoms with E-state index in [0.29, 0.717) is 34.6 Å². The highest BCUT2D eigenvalue weighted by molar-refractivity contribution is 14.1. The van der Waals surface area contributed by atoms with E-state index in [9.17, 15) is 18.7 Å². The molecule has 0 unspecified atom stereocenters. The minimum Gasteiger partial charge on any atom is -0.446 e. The number of hydrogen-bond acceptors (Lipinski definition) is 7. The Morgan fingerprint density at radius 3 is 2.44 bits per heavy atom. The van der Waals surface area contributed by atoms with Gasteiger partial charge in [-0.05, 0) is 93.4 Å². The van der Waals surface area contributed by atoms with Crippen molar-refractivity contribution in [3.8, 4) is 0 Å². The van der Waals surface area contributed by atoms with Crippen LogP contribution in [-0.4, -0.2) is 44.6 Å². The molecule has 196 valence electrons. The number of hydrogen-bond donors (Lipinski definition) is 1. The fourth-order valence-corrected chi connectivity index (χ4v) is 6.27. The Morgan fingerprint density at radius 2 is 1.92 bits per heavy atom. The molecular weight excluding hydrogens is 585 g/mol. The molecule has 2 heterocycles. The van der Waals surface area contributed by atoms with Crippen LogP contribution in [0.15, 0.2) is 16.8 Å². The van der Waals surface area contributed by atoms with Crippen LogP contribution in [-0.2, 0) is 15.8 Å². The number of rotatable bonds is 6. The molecule has 6 rings (SSSR count). The van der Waals surface area contributed by atoms with Crippen LogP contribution in [0.2, 0.25) is 0 Å². The largest absolute Gasteiger partial charge is 0.446 e. The topological polar surface area (TPSA) is 102 Å². The molecule has 11 heteroatoms. The van der Waals surface area contributed by atoms with Crippen LogP contribution in [0.4, 0.5) is 19.4 Å². The van der Waals surface area contributed by atoms with E-state index in [0.717, 1.165) is 44.7 Å². The first-order chi connectivity index (χ1) is 16.8. The molecule has 0 radical (unpaired) electrons. The van der Waals surface area contributed by atoms with Crippen LogP contribution in [0.25, 0.3) is 0 Å². The second-order valence-corrected chi connectivity index (χ2v) is 12.8. The highest BCUT2D eigenvalue weighted by Crippen LogP contribution is 2.57. The lowest BCUT2D eigenvalue weighted by Crippen LogP contribution is -2.53. The number of aliphatic hydroxyl groups is 1. The third-order valence-corrected chi connectivity index (χ3v) is 9.02. The summed E-state index contributed by atoms with van der Waals surface area (Å²) < 4.78 is 39.5. The summed E-state index contributed by atoms with van der Waals surface area (Å²) in [4.78, 5) is 23.4. The molecular formula is C25H31F2IN4O4. The van der Waals surface area contributed by atoms with Gasteiger partial charge in [0.05, 0.1) is 15.4 Å². The molecule has 1 N–H and O–H groups in total. The molecule has 2 bridgehead atoms. The van der Waals surface area contributed by atoms with E-state index < -0.39 is 23.2 Å². The van der Waals surface area contributed by atoms with Crippen LogP contribution < -0.4 is 4.90 Å². The molecule has 2 aromatic heterocycles. The Bertz CT molecular complexity index is 1130. The van der Waals surface area contributed by atoms with Crippen LogP contribution in [0.1, 0.15) is 83.9 Å². The molecule has 0 saturated heterocycles. The fraction of sp³-hybridized carbons (Fsp3) is 0.680. The summed E-state index contributed by atoms with van der Waals surface area (Å²) in [5.74, 6) is 0.466. The second kappa shape index (κ2) is 8.85. The van der Waals surface area contributed by atoms with Gasteiger partial charge in [-0.15, -0.1) is 0 Å². The molecule has 4 saturated carbocycles. The molecule has 4 aliphatic rings. The van der Waals surface area contributed by atoms with E-state index in [1.807, 2.05) is 22.6 Å². The Balaban J connectivity index is 1.34. The first-order valence-corrected chi connectivity index (χ1v) is 13.4. The van der Waals surface area contributed by atoms with E-state index >= 15 is 0 Å². The van der Waals surface area contributed by atoms with Crippen molar-refractivity contribution in [2.24, 2.45) is 5.41 Å². The second-order valence-electron chi connectivity index (χ2n) is 11.6. The van der Waals surface area contributed by atoms with Gasteiger partial charge in [-0.1, -0.05) is 5.16 Å². The lowest BCUT2D eigenvalue weighted by molar-refractivity contribution is -0.102. The minimum absolute atomic E-state index is 0.00448. The van der Waals surface area contributed by atoms with E-state index in [2.05, 4.69) is 15.1 Å². The zero-order valence-electron chi connectivity index (χ0n) is 20.7. The van der Waals surface area contributed by atoms with Crippen LogP contribution in [0.5, 0.6) is 0 Å². The first kappa shape index (κ1) is 25.7. The molecule has 0 aliphatic heterocycles. The predicted molar refractivity (Wildman–Crippen MR) is 135 cm³/mol. The van der Waals surface area contributed by atoms with Gasteiger partial charge >= 0.3 is 6.09 Å². The third kappa shape index (κ3) is 4.84. The Labute approximate surface area is 222 Å². The van der Waals surface area contributed by atoms with Gasteiger partial charge in [-0.25, -0.2) is 18.6 Å². The highest BCUT2D eigenvalue weighted by atomic mass is 127. The van der Waals surface area contributed by atoms with Crippen molar-refractivity contribution < 1.29 is 27.9 Å². The number of alkyl halides is 1. The first-order valence-electron chi connectivity index (χ1n) is 12.4. The molecule has 2 aromatic rings. The fourth-order valence-electron chi connectivity index (χ4n) is 5.85. The quantitative estimate of drug-likeness (QED) is 0.424. The summed E-state index contributed by atoms with van der Waals surface area (Å²) in [6.45, 7) is 4.92. The molecule has 4 fully saturated rings. The van der Waals surface area contributed by atoms with Gasteiger partial charge in [0, 0.05) is 24.8 Å². The predicted octanol–water partition coefficient (Wildman–Crippen LogP) is 5.56. The number of nitrogens with zero attached hydrogens (tertiary/aromatic N) is 4. The summed E-state index contributed by atoms with van der Waals surface area (Å²) >= 11 is 1.89. The monoisotopic (exact) mass is 616 g/mol. The maximum atomic E-state index is 14.3. The van der Waals surface area contributed by atoms with Crippen molar-refractivity contribution in [3.63, 3.8) is 0 Å². The number of halogens is 3. The number of anilines is 1. The number of aromatic nitrogens is 3. The third-order valence-electron chi connectivity index (χ3n) is 8.20. The van der Waals surface area contributed by atoms with Crippen molar-refractivity contribution >= 4 is 34.5 Å². The maximum Gasteiger partial charge on any atom is 0.415 e. The van der Waals surface area contributed by atoms with Gasteiger partial charge in [0.1, 0.15) is 11.9 Å². The highest BCUT2D eigenvalue weighted by Gasteiger charge is 2.53. The van der Waals surface area contributed by atoms with Crippen molar-refractivity contribution in [2.45, 2.75) is 94.9 Å². The molecule has 1 amide bonds. The SMILES string of the molecule is CC(C)(F)c1nc(C23CCC(CN(C(=O)O[C@H]4C[C@@](C)(O)C4)c4cc(I)c(F)cn4)(CC2)CC3)no1. The molecule has 36 heavy (non-hydrogen) atoms. The van der Waals surface area contributed by atoms with Gasteiger partial charge in [-0.3, -0.25) is 4.90 Å². The normalized spacial score (nSPS) is 31.7. The van der Waals surface area contributed by atoms with E-state index in [1.54, 1.807) is 13.0 Å². The summed E-state index contributed by atoms with van der Waals surface area (Å²) in [5, 5.41) is 14.2. The van der Waals surface area contributed by atoms with Crippen molar-refractivity contribution in [3.05, 3.63) is 33.4 Å². The van der Waals surface area contributed by atoms with Crippen LogP contribution in [0.3, 0.4) is 0 Å². The number of carbonyl (C=O) groups excluding carboxylic acids is 1. The number of pyridine rings is 1. The number of ether oxygens (including phenoxy) is 1. The summed E-state index contributed by atoms with van der Waals surface area (Å²) in [7, 11) is 0. The van der Waals surface area contributed by atoms with E-state index in [-0.39, 0.29) is 22.8 Å². The van der Waals surface area contributed by atoms with Gasteiger partial charge in [0.15, 0.2) is 17.3 Å². The molecule has 0 spiro atoms. The summed E-state index contributed by atoms with van der Waals surface area (Å²) in [6.07, 6.45) is 5.91. The summed E-state index contributed by atoms with van der Waals surface area (Å²) in [5.41, 5.74) is -2.91. The minimum atomic E-state index is -1.69. The van der Waals surface area contributed by atoms with Crippen molar-refractivity contribution in [1.82, 2.24) is 15.1 Å².